The second-order valence-corrected chi connectivity index (χ2v) is 14.4. The summed E-state index contributed by atoms with van der Waals surface area (Å²) in [6.07, 6.45) is -1.62. The van der Waals surface area contributed by atoms with E-state index < -0.39 is 47.8 Å². The van der Waals surface area contributed by atoms with Gasteiger partial charge in [0.25, 0.3) is 5.91 Å². The Morgan fingerprint density at radius 1 is 0.792 bits per heavy atom. The third-order valence-corrected chi connectivity index (χ3v) is 8.64. The molecule has 3 aromatic carbocycles. The molecule has 0 radical (unpaired) electrons. The number of hydrogen-bond donors (Lipinski definition) is 2. The highest BCUT2D eigenvalue weighted by molar-refractivity contribution is 6.00. The average Bonchev–Trinajstić information content (AvgIpc) is 3.44. The second kappa shape index (κ2) is 18.9. The number of benzene rings is 3. The molecule has 1 aliphatic carbocycles. The smallest absolute Gasteiger partial charge is 0.417 e. The minimum Gasteiger partial charge on any atom is -0.467 e. The van der Waals surface area contributed by atoms with Gasteiger partial charge in [0.1, 0.15) is 30.9 Å². The molecule has 0 heterocycles. The number of carbonyl (C=O) groups excluding carboxylic acids is 5. The van der Waals surface area contributed by atoms with E-state index in [1.165, 1.54) is 0 Å². The Labute approximate surface area is 311 Å². The summed E-state index contributed by atoms with van der Waals surface area (Å²) in [5.74, 6) is -1.98. The van der Waals surface area contributed by atoms with Gasteiger partial charge in [-0.15, -0.1) is 0 Å². The standard InChI is InChI=1S/C41H51N3O9/c1-27(2)24-34(43-39(48)51-26-33-31-20-12-10-18-29(31)30-19-11-13-21-32(30)33)36(45)44(40(49)52-25-28-16-8-7-9-17-28)35(37(46)50-6)22-14-15-23-42-38(47)53-41(3,4)5/h7-13,16-21,27,33-35H,14-15,22-26H2,1-6H3,(H,42,47)(H,43,48)/t34-,35-/m0/s1. The number of hydrogen-bond acceptors (Lipinski definition) is 9. The minimum atomic E-state index is -1.38. The number of methoxy groups -OCH3 is 1. The van der Waals surface area contributed by atoms with Crippen molar-refractivity contribution in [2.45, 2.75) is 90.5 Å². The van der Waals surface area contributed by atoms with E-state index in [9.17, 15) is 24.0 Å². The number of ether oxygens (including phenoxy) is 4. The van der Waals surface area contributed by atoms with Crippen LogP contribution in [-0.2, 0) is 35.1 Å². The first-order chi connectivity index (χ1) is 25.3. The zero-order valence-electron chi connectivity index (χ0n) is 31.4. The normalized spacial score (nSPS) is 13.2. The molecular formula is C41H51N3O9. The average molecular weight is 730 g/mol. The van der Waals surface area contributed by atoms with Gasteiger partial charge in [0.15, 0.2) is 0 Å². The van der Waals surface area contributed by atoms with Crippen LogP contribution in [0, 0.1) is 5.92 Å². The van der Waals surface area contributed by atoms with Crippen LogP contribution < -0.4 is 10.6 Å². The number of carbonyl (C=O) groups is 5. The molecule has 2 atom stereocenters. The molecule has 0 spiro atoms. The van der Waals surface area contributed by atoms with Crippen molar-refractivity contribution >= 4 is 30.2 Å². The van der Waals surface area contributed by atoms with Crippen LogP contribution in [0.1, 0.15) is 82.9 Å². The van der Waals surface area contributed by atoms with E-state index in [1.54, 1.807) is 45.0 Å². The molecule has 12 nitrogen and oxygen atoms in total. The lowest BCUT2D eigenvalue weighted by molar-refractivity contribution is -0.152. The van der Waals surface area contributed by atoms with Gasteiger partial charge in [-0.25, -0.2) is 24.1 Å². The Kier molecular flexibility index (Phi) is 14.4. The molecule has 0 bridgehead atoms. The van der Waals surface area contributed by atoms with E-state index in [1.807, 2.05) is 68.4 Å². The summed E-state index contributed by atoms with van der Waals surface area (Å²) in [5.41, 5.74) is 4.22. The summed E-state index contributed by atoms with van der Waals surface area (Å²) < 4.78 is 21.6. The van der Waals surface area contributed by atoms with Gasteiger partial charge >= 0.3 is 24.2 Å². The molecule has 0 aromatic heterocycles. The van der Waals surface area contributed by atoms with Crippen LogP contribution in [-0.4, -0.2) is 73.0 Å². The van der Waals surface area contributed by atoms with Gasteiger partial charge in [-0.1, -0.05) is 92.7 Å². The van der Waals surface area contributed by atoms with Crippen LogP contribution in [0.5, 0.6) is 0 Å². The van der Waals surface area contributed by atoms with Crippen LogP contribution in [0.4, 0.5) is 14.4 Å². The van der Waals surface area contributed by atoms with Crippen molar-refractivity contribution in [3.05, 3.63) is 95.6 Å². The van der Waals surface area contributed by atoms with E-state index in [4.69, 9.17) is 18.9 Å². The molecule has 0 unspecified atom stereocenters. The van der Waals surface area contributed by atoms with Crippen LogP contribution >= 0.6 is 0 Å². The Hall–Kier alpha value is -5.39. The number of fused-ring (bicyclic) bond motifs is 3. The van der Waals surface area contributed by atoms with Crippen molar-refractivity contribution in [3.63, 3.8) is 0 Å². The number of alkyl carbamates (subject to hydrolysis) is 2. The summed E-state index contributed by atoms with van der Waals surface area (Å²) in [4.78, 5) is 67.7. The van der Waals surface area contributed by atoms with Gasteiger partial charge in [-0.05, 0) is 80.2 Å². The van der Waals surface area contributed by atoms with Crippen molar-refractivity contribution in [2.75, 3.05) is 20.3 Å². The first-order valence-corrected chi connectivity index (χ1v) is 18.0. The molecule has 4 rings (SSSR count). The van der Waals surface area contributed by atoms with Gasteiger partial charge in [0.2, 0.25) is 0 Å². The summed E-state index contributed by atoms with van der Waals surface area (Å²) in [6.45, 7) is 9.09. The Morgan fingerprint density at radius 3 is 1.98 bits per heavy atom. The summed E-state index contributed by atoms with van der Waals surface area (Å²) in [6, 6.07) is 22.2. The van der Waals surface area contributed by atoms with Crippen molar-refractivity contribution in [1.82, 2.24) is 15.5 Å². The molecule has 284 valence electrons. The highest BCUT2D eigenvalue weighted by Crippen LogP contribution is 2.44. The first-order valence-electron chi connectivity index (χ1n) is 18.0. The summed E-state index contributed by atoms with van der Waals surface area (Å²) in [5, 5.41) is 5.34. The maximum atomic E-state index is 14.4. The van der Waals surface area contributed by atoms with Crippen molar-refractivity contribution in [3.8, 4) is 11.1 Å². The van der Waals surface area contributed by atoms with E-state index >= 15 is 0 Å². The van der Waals surface area contributed by atoms with E-state index in [-0.39, 0.29) is 44.4 Å². The lowest BCUT2D eigenvalue weighted by atomic mass is 9.98. The predicted molar refractivity (Wildman–Crippen MR) is 199 cm³/mol. The molecule has 4 amide bonds. The maximum Gasteiger partial charge on any atom is 0.417 e. The molecule has 0 saturated carbocycles. The van der Waals surface area contributed by atoms with Gasteiger partial charge < -0.3 is 29.6 Å². The summed E-state index contributed by atoms with van der Waals surface area (Å²) >= 11 is 0. The fourth-order valence-electron chi connectivity index (χ4n) is 6.26. The number of imide groups is 1. The minimum absolute atomic E-state index is 0.00813. The molecule has 0 fully saturated rings. The molecule has 0 saturated heterocycles. The van der Waals surface area contributed by atoms with Crippen LogP contribution in [0.25, 0.3) is 11.1 Å². The fraction of sp³-hybridized carbons (Fsp3) is 0.439. The molecule has 2 N–H and O–H groups in total. The quantitative estimate of drug-likeness (QED) is 0.0931. The first kappa shape index (κ1) is 40.4. The lowest BCUT2D eigenvalue weighted by Crippen LogP contribution is -2.56. The van der Waals surface area contributed by atoms with E-state index in [0.29, 0.717) is 18.4 Å². The lowest BCUT2D eigenvalue weighted by Gasteiger charge is -2.31. The number of nitrogens with one attached hydrogen (secondary N) is 2. The number of unbranched alkanes of at least 4 members (excludes halogenated alkanes) is 1. The number of rotatable bonds is 15. The van der Waals surface area contributed by atoms with Gasteiger partial charge in [0, 0.05) is 12.5 Å². The summed E-state index contributed by atoms with van der Waals surface area (Å²) in [7, 11) is 1.16. The Bertz CT molecular complexity index is 1680. The molecular weight excluding hydrogens is 678 g/mol. The van der Waals surface area contributed by atoms with Crippen molar-refractivity contribution in [1.29, 1.82) is 0 Å². The third kappa shape index (κ3) is 11.6. The zero-order valence-corrected chi connectivity index (χ0v) is 31.4. The van der Waals surface area contributed by atoms with Crippen LogP contribution in [0.2, 0.25) is 0 Å². The molecule has 12 heteroatoms. The molecule has 0 aliphatic heterocycles. The molecule has 1 aliphatic rings. The highest BCUT2D eigenvalue weighted by atomic mass is 16.6. The maximum absolute atomic E-state index is 14.4. The Morgan fingerprint density at radius 2 is 1.40 bits per heavy atom. The van der Waals surface area contributed by atoms with Gasteiger partial charge in [0.05, 0.1) is 7.11 Å². The predicted octanol–water partition coefficient (Wildman–Crippen LogP) is 7.34. The number of nitrogens with zero attached hydrogens (tertiary/aromatic N) is 1. The molecule has 53 heavy (non-hydrogen) atoms. The van der Waals surface area contributed by atoms with Crippen LogP contribution in [0.15, 0.2) is 78.9 Å². The SMILES string of the molecule is COC(=O)[C@H](CCCCNC(=O)OC(C)(C)C)N(C(=O)OCc1ccccc1)C(=O)[C@H](CC(C)C)NC(=O)OCC1c2ccccc2-c2ccccc21. The van der Waals surface area contributed by atoms with E-state index in [0.717, 1.165) is 34.3 Å². The number of esters is 1. The topological polar surface area (TPSA) is 150 Å². The fourth-order valence-corrected chi connectivity index (χ4v) is 6.26. The second-order valence-electron chi connectivity index (χ2n) is 14.4. The van der Waals surface area contributed by atoms with Gasteiger partial charge in [-0.3, -0.25) is 4.79 Å². The monoisotopic (exact) mass is 729 g/mol. The number of amides is 4. The third-order valence-electron chi connectivity index (χ3n) is 8.64. The highest BCUT2D eigenvalue weighted by Gasteiger charge is 2.41. The Balaban J connectivity index is 1.51. The zero-order chi connectivity index (χ0) is 38.5. The largest absolute Gasteiger partial charge is 0.467 e. The van der Waals surface area contributed by atoms with Crippen molar-refractivity contribution < 1.29 is 42.9 Å². The van der Waals surface area contributed by atoms with Crippen molar-refractivity contribution in [2.24, 2.45) is 5.92 Å². The molecule has 3 aromatic rings. The van der Waals surface area contributed by atoms with E-state index in [2.05, 4.69) is 10.6 Å². The van der Waals surface area contributed by atoms with Crippen LogP contribution in [0.3, 0.4) is 0 Å². The van der Waals surface area contributed by atoms with Gasteiger partial charge in [-0.2, -0.15) is 0 Å².